The number of sulfonamides is 1. The minimum Gasteiger partial charge on any atom is -0.493 e. The fraction of sp³-hybridized carbons (Fsp3) is 0.278. The number of halogens is 1. The highest BCUT2D eigenvalue weighted by Gasteiger charge is 2.15. The highest BCUT2D eigenvalue weighted by Crippen LogP contribution is 2.27. The van der Waals surface area contributed by atoms with Gasteiger partial charge >= 0.3 is 0 Å². The summed E-state index contributed by atoms with van der Waals surface area (Å²) in [5.74, 6) is 0.942. The van der Waals surface area contributed by atoms with Crippen LogP contribution in [-0.4, -0.2) is 41.6 Å². The van der Waals surface area contributed by atoms with Crippen molar-refractivity contribution in [1.82, 2.24) is 5.32 Å². The Morgan fingerprint density at radius 3 is 2.46 bits per heavy atom. The number of amides is 1. The average molecular weight is 428 g/mol. The van der Waals surface area contributed by atoms with Gasteiger partial charge in [0.2, 0.25) is 15.9 Å². The van der Waals surface area contributed by atoms with Crippen molar-refractivity contribution in [2.24, 2.45) is 5.14 Å². The monoisotopic (exact) mass is 427 g/mol. The molecule has 152 valence electrons. The fourth-order valence-electron chi connectivity index (χ4n) is 2.51. The van der Waals surface area contributed by atoms with Gasteiger partial charge in [-0.05, 0) is 42.3 Å². The van der Waals surface area contributed by atoms with Gasteiger partial charge in [-0.1, -0.05) is 17.7 Å². The van der Waals surface area contributed by atoms with Gasteiger partial charge in [-0.25, -0.2) is 13.6 Å². The lowest BCUT2D eigenvalue weighted by atomic mass is 10.1. The Kier molecular flexibility index (Phi) is 7.50. The van der Waals surface area contributed by atoms with Crippen molar-refractivity contribution in [2.45, 2.75) is 11.3 Å². The second-order valence-electron chi connectivity index (χ2n) is 5.83. The van der Waals surface area contributed by atoms with Crippen LogP contribution >= 0.6 is 11.6 Å². The molecule has 4 N–H and O–H groups in total. The summed E-state index contributed by atoms with van der Waals surface area (Å²) in [5.41, 5.74) is 1.14. The number of nitrogens with one attached hydrogen (secondary N) is 2. The number of ether oxygens (including phenoxy) is 2. The van der Waals surface area contributed by atoms with Crippen LogP contribution < -0.4 is 25.2 Å². The first kappa shape index (κ1) is 21.8. The molecule has 0 spiro atoms. The molecule has 0 saturated heterocycles. The van der Waals surface area contributed by atoms with Crippen LogP contribution in [0.3, 0.4) is 0 Å². The summed E-state index contributed by atoms with van der Waals surface area (Å²) in [6, 6.07) is 9.62. The minimum atomic E-state index is -3.94. The number of anilines is 1. The maximum atomic E-state index is 12.0. The molecule has 2 rings (SSSR count). The van der Waals surface area contributed by atoms with E-state index in [1.54, 1.807) is 20.3 Å². The van der Waals surface area contributed by atoms with E-state index in [1.807, 2.05) is 12.1 Å². The van der Waals surface area contributed by atoms with Crippen molar-refractivity contribution in [3.63, 3.8) is 0 Å². The van der Waals surface area contributed by atoms with E-state index in [0.717, 1.165) is 5.56 Å². The number of nitrogens with two attached hydrogens (primary N) is 1. The Bertz CT molecular complexity index is 950. The van der Waals surface area contributed by atoms with Gasteiger partial charge in [0.25, 0.3) is 0 Å². The number of carbonyl (C=O) groups is 1. The Balaban J connectivity index is 1.90. The third-order valence-corrected chi connectivity index (χ3v) is 5.08. The summed E-state index contributed by atoms with van der Waals surface area (Å²) in [6.07, 6.45) is 0.589. The molecule has 0 aliphatic rings. The van der Waals surface area contributed by atoms with Crippen LogP contribution in [0, 0.1) is 0 Å². The van der Waals surface area contributed by atoms with Gasteiger partial charge in [0.05, 0.1) is 26.5 Å². The van der Waals surface area contributed by atoms with Gasteiger partial charge in [0.1, 0.15) is 4.90 Å². The molecule has 0 bridgehead atoms. The molecule has 0 radical (unpaired) electrons. The van der Waals surface area contributed by atoms with E-state index in [1.165, 1.54) is 18.2 Å². The molecule has 0 aromatic heterocycles. The number of hydrogen-bond donors (Lipinski definition) is 3. The zero-order chi connectivity index (χ0) is 20.7. The smallest absolute Gasteiger partial charge is 0.240 e. The first-order chi connectivity index (χ1) is 13.2. The van der Waals surface area contributed by atoms with Crippen LogP contribution in [0.15, 0.2) is 41.3 Å². The molecule has 0 atom stereocenters. The minimum absolute atomic E-state index is 0.130. The summed E-state index contributed by atoms with van der Waals surface area (Å²) >= 11 is 5.88. The first-order valence-electron chi connectivity index (χ1n) is 8.28. The van der Waals surface area contributed by atoms with Crippen LogP contribution in [0.1, 0.15) is 5.56 Å². The summed E-state index contributed by atoms with van der Waals surface area (Å²) in [5, 5.41) is 11.0. The fourth-order valence-corrected chi connectivity index (χ4v) is 3.38. The Hall–Kier alpha value is -2.49. The van der Waals surface area contributed by atoms with Gasteiger partial charge in [-0.2, -0.15) is 0 Å². The van der Waals surface area contributed by atoms with Gasteiger partial charge in [0, 0.05) is 11.6 Å². The van der Waals surface area contributed by atoms with Crippen molar-refractivity contribution in [3.8, 4) is 11.5 Å². The first-order valence-corrected chi connectivity index (χ1v) is 10.2. The maximum Gasteiger partial charge on any atom is 0.240 e. The molecular weight excluding hydrogens is 406 g/mol. The molecule has 28 heavy (non-hydrogen) atoms. The Labute approximate surface area is 169 Å². The molecule has 10 heteroatoms. The zero-order valence-electron chi connectivity index (χ0n) is 15.5. The average Bonchev–Trinajstić information content (AvgIpc) is 2.65. The van der Waals surface area contributed by atoms with E-state index >= 15 is 0 Å². The molecule has 0 heterocycles. The van der Waals surface area contributed by atoms with Crippen molar-refractivity contribution in [1.29, 1.82) is 0 Å². The Morgan fingerprint density at radius 2 is 1.82 bits per heavy atom. The third-order valence-electron chi connectivity index (χ3n) is 3.87. The number of carbonyl (C=O) groups excluding carboxylic acids is 1. The van der Waals surface area contributed by atoms with Crippen LogP contribution in [0.4, 0.5) is 5.69 Å². The van der Waals surface area contributed by atoms with Crippen molar-refractivity contribution in [2.75, 3.05) is 32.6 Å². The molecule has 0 saturated carbocycles. The molecule has 2 aromatic rings. The molecular formula is C18H22ClN3O5S. The predicted molar refractivity (Wildman–Crippen MR) is 108 cm³/mol. The summed E-state index contributed by atoms with van der Waals surface area (Å²) < 4.78 is 33.7. The topological polar surface area (TPSA) is 120 Å². The lowest BCUT2D eigenvalue weighted by molar-refractivity contribution is -0.119. The molecule has 8 nitrogen and oxygen atoms in total. The number of hydrogen-bond acceptors (Lipinski definition) is 6. The van der Waals surface area contributed by atoms with Crippen LogP contribution in [0.5, 0.6) is 11.5 Å². The lowest BCUT2D eigenvalue weighted by Crippen LogP contribution is -2.31. The summed E-state index contributed by atoms with van der Waals surface area (Å²) in [4.78, 5) is 11.9. The second kappa shape index (κ2) is 9.63. The summed E-state index contributed by atoms with van der Waals surface area (Å²) in [7, 11) is -0.821. The standard InChI is InChI=1S/C18H22ClN3O5S/c1-26-15-5-3-12(9-16(15)27-2)7-8-21-18(23)11-22-14-10-13(19)4-6-17(14)28(20,24)25/h3-6,9-10,22H,7-8,11H2,1-2H3,(H,21,23)(H2,20,24,25). The van der Waals surface area contributed by atoms with Crippen LogP contribution in [0.25, 0.3) is 0 Å². The van der Waals surface area contributed by atoms with Crippen LogP contribution in [0.2, 0.25) is 5.02 Å². The maximum absolute atomic E-state index is 12.0. The predicted octanol–water partition coefficient (Wildman–Crippen LogP) is 1.78. The molecule has 1 amide bonds. The molecule has 0 aliphatic heterocycles. The zero-order valence-corrected chi connectivity index (χ0v) is 17.1. The third kappa shape index (κ3) is 6.01. The molecule has 0 fully saturated rings. The van der Waals surface area contributed by atoms with Gasteiger partial charge in [-0.3, -0.25) is 4.79 Å². The van der Waals surface area contributed by atoms with Gasteiger partial charge < -0.3 is 20.1 Å². The molecule has 0 aliphatic carbocycles. The second-order valence-corrected chi connectivity index (χ2v) is 7.79. The van der Waals surface area contributed by atoms with E-state index in [0.29, 0.717) is 29.5 Å². The number of primary sulfonamides is 1. The number of methoxy groups -OCH3 is 2. The van der Waals surface area contributed by atoms with Gasteiger partial charge in [0.15, 0.2) is 11.5 Å². The van der Waals surface area contributed by atoms with Crippen LogP contribution in [-0.2, 0) is 21.2 Å². The van der Waals surface area contributed by atoms with E-state index in [9.17, 15) is 13.2 Å². The van der Waals surface area contributed by atoms with E-state index in [-0.39, 0.29) is 23.0 Å². The largest absolute Gasteiger partial charge is 0.493 e. The van der Waals surface area contributed by atoms with Crippen molar-refractivity contribution >= 4 is 33.2 Å². The van der Waals surface area contributed by atoms with Gasteiger partial charge in [-0.15, -0.1) is 0 Å². The highest BCUT2D eigenvalue weighted by atomic mass is 35.5. The molecule has 0 unspecified atom stereocenters. The lowest BCUT2D eigenvalue weighted by Gasteiger charge is -2.12. The van der Waals surface area contributed by atoms with Crippen molar-refractivity contribution < 1.29 is 22.7 Å². The number of benzene rings is 2. The summed E-state index contributed by atoms with van der Waals surface area (Å²) in [6.45, 7) is 0.266. The quantitative estimate of drug-likeness (QED) is 0.561. The van der Waals surface area contributed by atoms with Crippen molar-refractivity contribution in [3.05, 3.63) is 47.0 Å². The SMILES string of the molecule is COc1ccc(CCNC(=O)CNc2cc(Cl)ccc2S(N)(=O)=O)cc1OC. The number of rotatable bonds is 9. The molecule has 2 aromatic carbocycles. The highest BCUT2D eigenvalue weighted by molar-refractivity contribution is 7.89. The Morgan fingerprint density at radius 1 is 1.11 bits per heavy atom. The van der Waals surface area contributed by atoms with E-state index in [4.69, 9.17) is 26.2 Å². The van der Waals surface area contributed by atoms with E-state index < -0.39 is 10.0 Å². The van der Waals surface area contributed by atoms with E-state index in [2.05, 4.69) is 10.6 Å². The normalized spacial score (nSPS) is 11.0.